The summed E-state index contributed by atoms with van der Waals surface area (Å²) in [4.78, 5) is 26.0. The van der Waals surface area contributed by atoms with Gasteiger partial charge < -0.3 is 25.4 Å². The van der Waals surface area contributed by atoms with Crippen molar-refractivity contribution in [2.75, 3.05) is 31.2 Å². The second kappa shape index (κ2) is 12.1. The van der Waals surface area contributed by atoms with Gasteiger partial charge in [-0.05, 0) is 54.7 Å². The van der Waals surface area contributed by atoms with Gasteiger partial charge in [0.25, 0.3) is 5.91 Å². The van der Waals surface area contributed by atoms with Crippen LogP contribution in [0.25, 0.3) is 0 Å². The molecule has 0 radical (unpaired) electrons. The van der Waals surface area contributed by atoms with E-state index in [0.29, 0.717) is 18.7 Å². The van der Waals surface area contributed by atoms with Gasteiger partial charge in [0.15, 0.2) is 0 Å². The molecule has 9 heteroatoms. The van der Waals surface area contributed by atoms with Crippen molar-refractivity contribution in [1.29, 1.82) is 0 Å². The lowest BCUT2D eigenvalue weighted by Gasteiger charge is -2.41. The minimum atomic E-state index is -1.00. The first-order valence-corrected chi connectivity index (χ1v) is 12.9. The molecule has 1 aliphatic heterocycles. The van der Waals surface area contributed by atoms with Gasteiger partial charge in [0, 0.05) is 37.3 Å². The second-order valence-corrected chi connectivity index (χ2v) is 10.0. The fourth-order valence-corrected chi connectivity index (χ4v) is 5.45. The van der Waals surface area contributed by atoms with Crippen LogP contribution < -0.4 is 15.5 Å². The molecule has 2 atom stereocenters. The van der Waals surface area contributed by atoms with Gasteiger partial charge in [0.05, 0.1) is 18.8 Å². The zero-order valence-electron chi connectivity index (χ0n) is 21.1. The Hall–Kier alpha value is -2.88. The number of hydrogen-bond acceptors (Lipinski definition) is 5. The molecule has 1 heterocycles. The fourth-order valence-electron chi connectivity index (χ4n) is 5.45. The molecule has 2 aromatic rings. The number of aliphatic hydroxyl groups excluding tert-OH is 1. The maximum Gasteiger partial charge on any atom is 0.253 e. The molecule has 0 unspecified atom stereocenters. The number of amides is 2. The average molecular weight is 516 g/mol. The summed E-state index contributed by atoms with van der Waals surface area (Å²) < 4.78 is 32.7. The van der Waals surface area contributed by atoms with E-state index in [1.165, 1.54) is 19.1 Å². The molecule has 37 heavy (non-hydrogen) atoms. The van der Waals surface area contributed by atoms with Gasteiger partial charge in [0.1, 0.15) is 18.2 Å². The van der Waals surface area contributed by atoms with Crippen LogP contribution in [0.4, 0.5) is 14.5 Å². The smallest absolute Gasteiger partial charge is 0.253 e. The number of hydrogen-bond donors (Lipinski definition) is 3. The van der Waals surface area contributed by atoms with Crippen molar-refractivity contribution in [3.63, 3.8) is 0 Å². The SMILES string of the molecule is CC(=O)N[C@@H](Cc1cc(F)cc(F)c1)[C@H](O)CNC1(c2cccc(N3CCOCC3=O)c2)CCCCC1. The number of carbonyl (C=O) groups excluding carboxylic acids is 2. The molecular weight excluding hydrogens is 480 g/mol. The van der Waals surface area contributed by atoms with E-state index in [0.717, 1.165) is 49.4 Å². The molecule has 2 aromatic carbocycles. The maximum absolute atomic E-state index is 13.7. The number of rotatable bonds is 9. The first-order chi connectivity index (χ1) is 17.8. The van der Waals surface area contributed by atoms with Gasteiger partial charge in [-0.2, -0.15) is 0 Å². The van der Waals surface area contributed by atoms with E-state index in [9.17, 15) is 23.5 Å². The zero-order valence-corrected chi connectivity index (χ0v) is 21.1. The Morgan fingerprint density at radius 2 is 1.86 bits per heavy atom. The van der Waals surface area contributed by atoms with Gasteiger partial charge >= 0.3 is 0 Å². The molecule has 0 spiro atoms. The molecular formula is C28H35F2N3O4. The van der Waals surface area contributed by atoms with E-state index in [-0.39, 0.29) is 31.4 Å². The Balaban J connectivity index is 1.53. The zero-order chi connectivity index (χ0) is 26.4. The Morgan fingerprint density at radius 1 is 1.14 bits per heavy atom. The summed E-state index contributed by atoms with van der Waals surface area (Å²) in [5.41, 5.74) is 1.81. The Morgan fingerprint density at radius 3 is 2.54 bits per heavy atom. The number of benzene rings is 2. The third-order valence-corrected chi connectivity index (χ3v) is 7.28. The third kappa shape index (κ3) is 6.91. The molecule has 200 valence electrons. The molecule has 2 amide bonds. The predicted molar refractivity (Wildman–Crippen MR) is 136 cm³/mol. The van der Waals surface area contributed by atoms with Crippen LogP contribution in [0.3, 0.4) is 0 Å². The summed E-state index contributed by atoms with van der Waals surface area (Å²) in [5, 5.41) is 17.4. The highest BCUT2D eigenvalue weighted by atomic mass is 19.1. The summed E-state index contributed by atoms with van der Waals surface area (Å²) in [5.74, 6) is -1.82. The molecule has 1 aliphatic carbocycles. The van der Waals surface area contributed by atoms with Gasteiger partial charge in [0.2, 0.25) is 5.91 Å². The standard InChI is InChI=1S/C28H35F2N3O4/c1-19(34)32-25(14-20-12-22(29)16-23(30)13-20)26(35)17-31-28(8-3-2-4-9-28)21-6-5-7-24(15-21)33-10-11-37-18-27(33)36/h5-7,12-13,15-16,25-26,31,35H,2-4,8-11,14,17-18H2,1H3,(H,32,34)/t25-,26+/m0/s1. The lowest BCUT2D eigenvalue weighted by Crippen LogP contribution is -2.53. The molecule has 0 bridgehead atoms. The van der Waals surface area contributed by atoms with Crippen molar-refractivity contribution in [1.82, 2.24) is 10.6 Å². The van der Waals surface area contributed by atoms with E-state index in [1.54, 1.807) is 4.90 Å². The van der Waals surface area contributed by atoms with Crippen molar-refractivity contribution in [2.24, 2.45) is 0 Å². The van der Waals surface area contributed by atoms with Gasteiger partial charge in [-0.15, -0.1) is 0 Å². The monoisotopic (exact) mass is 515 g/mol. The highest BCUT2D eigenvalue weighted by molar-refractivity contribution is 5.94. The highest BCUT2D eigenvalue weighted by Gasteiger charge is 2.35. The number of halogens is 2. The molecule has 2 aliphatic rings. The summed E-state index contributed by atoms with van der Waals surface area (Å²) >= 11 is 0. The Bertz CT molecular complexity index is 1090. The molecule has 3 N–H and O–H groups in total. The number of aliphatic hydroxyl groups is 1. The first-order valence-electron chi connectivity index (χ1n) is 12.9. The second-order valence-electron chi connectivity index (χ2n) is 10.0. The van der Waals surface area contributed by atoms with E-state index < -0.39 is 29.3 Å². The van der Waals surface area contributed by atoms with Crippen LogP contribution in [0.5, 0.6) is 0 Å². The summed E-state index contributed by atoms with van der Waals surface area (Å²) in [7, 11) is 0. The molecule has 0 aromatic heterocycles. The lowest BCUT2D eigenvalue weighted by atomic mass is 9.76. The average Bonchev–Trinajstić information content (AvgIpc) is 2.87. The van der Waals surface area contributed by atoms with Crippen molar-refractivity contribution < 1.29 is 28.2 Å². The number of ether oxygens (including phenoxy) is 1. The number of nitrogens with zero attached hydrogens (tertiary/aromatic N) is 1. The van der Waals surface area contributed by atoms with Crippen LogP contribution in [-0.4, -0.2) is 55.4 Å². The summed E-state index contributed by atoms with van der Waals surface area (Å²) in [6.07, 6.45) is 3.95. The van der Waals surface area contributed by atoms with E-state index in [1.807, 2.05) is 24.3 Å². The fraction of sp³-hybridized carbons (Fsp3) is 0.500. The summed E-state index contributed by atoms with van der Waals surface area (Å²) in [6.45, 7) is 2.58. The number of anilines is 1. The third-order valence-electron chi connectivity index (χ3n) is 7.28. The topological polar surface area (TPSA) is 90.9 Å². The van der Waals surface area contributed by atoms with Crippen molar-refractivity contribution in [2.45, 2.75) is 63.1 Å². The van der Waals surface area contributed by atoms with Gasteiger partial charge in [-0.25, -0.2) is 8.78 Å². The van der Waals surface area contributed by atoms with Crippen molar-refractivity contribution >= 4 is 17.5 Å². The number of morpholine rings is 1. The quantitative estimate of drug-likeness (QED) is 0.477. The predicted octanol–water partition coefficient (Wildman–Crippen LogP) is 3.19. The summed E-state index contributed by atoms with van der Waals surface area (Å²) in [6, 6.07) is 10.4. The normalized spacial score (nSPS) is 19.4. The lowest BCUT2D eigenvalue weighted by molar-refractivity contribution is -0.125. The van der Waals surface area contributed by atoms with Crippen LogP contribution in [-0.2, 0) is 26.3 Å². The molecule has 1 saturated heterocycles. The van der Waals surface area contributed by atoms with E-state index in [4.69, 9.17) is 4.74 Å². The van der Waals surface area contributed by atoms with Gasteiger partial charge in [-0.1, -0.05) is 31.4 Å². The number of carbonyl (C=O) groups is 2. The maximum atomic E-state index is 13.7. The highest BCUT2D eigenvalue weighted by Crippen LogP contribution is 2.38. The number of nitrogens with one attached hydrogen (secondary N) is 2. The minimum Gasteiger partial charge on any atom is -0.390 e. The van der Waals surface area contributed by atoms with Crippen LogP contribution in [0.15, 0.2) is 42.5 Å². The largest absolute Gasteiger partial charge is 0.390 e. The van der Waals surface area contributed by atoms with Crippen LogP contribution in [0.1, 0.15) is 50.2 Å². The molecule has 4 rings (SSSR count). The minimum absolute atomic E-state index is 0.0690. The van der Waals surface area contributed by atoms with Crippen molar-refractivity contribution in [3.8, 4) is 0 Å². The Labute approximate surface area is 216 Å². The molecule has 7 nitrogen and oxygen atoms in total. The van der Waals surface area contributed by atoms with Gasteiger partial charge in [-0.3, -0.25) is 9.59 Å². The van der Waals surface area contributed by atoms with Crippen molar-refractivity contribution in [3.05, 3.63) is 65.2 Å². The van der Waals surface area contributed by atoms with Crippen LogP contribution in [0, 0.1) is 11.6 Å². The first kappa shape index (κ1) is 27.2. The van der Waals surface area contributed by atoms with Crippen LogP contribution >= 0.6 is 0 Å². The molecule has 1 saturated carbocycles. The van der Waals surface area contributed by atoms with Crippen LogP contribution in [0.2, 0.25) is 0 Å². The van der Waals surface area contributed by atoms with E-state index >= 15 is 0 Å². The van der Waals surface area contributed by atoms with E-state index in [2.05, 4.69) is 10.6 Å². The Kier molecular flexibility index (Phi) is 8.89. The molecule has 2 fully saturated rings.